The maximum atomic E-state index is 12.5. The molecule has 0 heterocycles. The summed E-state index contributed by atoms with van der Waals surface area (Å²) < 4.78 is 17.9. The third-order valence-electron chi connectivity index (χ3n) is 1.75. The van der Waals surface area contributed by atoms with E-state index in [2.05, 4.69) is 4.99 Å². The van der Waals surface area contributed by atoms with Gasteiger partial charge in [0.2, 0.25) is 0 Å². The second-order valence-electron chi connectivity index (χ2n) is 3.18. The summed E-state index contributed by atoms with van der Waals surface area (Å²) in [7, 11) is 0. The molecule has 0 spiro atoms. The topological polar surface area (TPSA) is 47.6 Å². The number of halogens is 1. The summed E-state index contributed by atoms with van der Waals surface area (Å²) in [5.41, 5.74) is 5.37. The lowest BCUT2D eigenvalue weighted by Gasteiger charge is -2.04. The van der Waals surface area contributed by atoms with Crippen LogP contribution >= 0.6 is 0 Å². The van der Waals surface area contributed by atoms with Crippen LogP contribution in [0.4, 0.5) is 4.39 Å². The molecule has 0 aromatic heterocycles. The van der Waals surface area contributed by atoms with Crippen LogP contribution in [-0.2, 0) is 0 Å². The van der Waals surface area contributed by atoms with Crippen LogP contribution in [0.1, 0.15) is 13.3 Å². The Labute approximate surface area is 88.8 Å². The molecular formula is C11H15FN2O. The lowest BCUT2D eigenvalue weighted by Crippen LogP contribution is -2.07. The normalized spacial score (nSPS) is 11.5. The fourth-order valence-corrected chi connectivity index (χ4v) is 1.04. The fourth-order valence-electron chi connectivity index (χ4n) is 1.04. The predicted molar refractivity (Wildman–Crippen MR) is 58.7 cm³/mol. The molecule has 0 bridgehead atoms. The molecule has 4 heteroatoms. The minimum atomic E-state index is -0.259. The van der Waals surface area contributed by atoms with Gasteiger partial charge in [-0.15, -0.1) is 0 Å². The van der Waals surface area contributed by atoms with E-state index >= 15 is 0 Å². The first-order valence-corrected chi connectivity index (χ1v) is 4.83. The molecular weight excluding hydrogens is 195 g/mol. The number of rotatable bonds is 5. The van der Waals surface area contributed by atoms with Gasteiger partial charge in [-0.05, 0) is 31.2 Å². The number of nitrogens with zero attached hydrogens (tertiary/aromatic N) is 1. The zero-order valence-electron chi connectivity index (χ0n) is 8.74. The van der Waals surface area contributed by atoms with Gasteiger partial charge in [0, 0.05) is 13.0 Å². The van der Waals surface area contributed by atoms with Crippen molar-refractivity contribution in [3.63, 3.8) is 0 Å². The number of hydrogen-bond acceptors (Lipinski definition) is 2. The number of benzene rings is 1. The number of ether oxygens (including phenoxy) is 1. The van der Waals surface area contributed by atoms with Crippen LogP contribution in [0, 0.1) is 5.82 Å². The molecule has 0 unspecified atom stereocenters. The Morgan fingerprint density at radius 2 is 2.07 bits per heavy atom. The molecule has 0 saturated carbocycles. The maximum Gasteiger partial charge on any atom is 0.123 e. The van der Waals surface area contributed by atoms with Crippen molar-refractivity contribution in [3.05, 3.63) is 30.1 Å². The van der Waals surface area contributed by atoms with Gasteiger partial charge in [0.25, 0.3) is 0 Å². The van der Waals surface area contributed by atoms with Crippen molar-refractivity contribution in [2.75, 3.05) is 13.2 Å². The monoisotopic (exact) mass is 210 g/mol. The van der Waals surface area contributed by atoms with Crippen LogP contribution in [0.15, 0.2) is 29.3 Å². The Morgan fingerprint density at radius 3 is 2.67 bits per heavy atom. The summed E-state index contributed by atoms with van der Waals surface area (Å²) in [4.78, 5) is 4.02. The van der Waals surface area contributed by atoms with Crippen LogP contribution in [-0.4, -0.2) is 19.0 Å². The van der Waals surface area contributed by atoms with Gasteiger partial charge in [0.05, 0.1) is 12.4 Å². The van der Waals surface area contributed by atoms with Crippen LogP contribution in [0.3, 0.4) is 0 Å². The molecule has 1 aromatic rings. The van der Waals surface area contributed by atoms with Crippen molar-refractivity contribution in [1.29, 1.82) is 0 Å². The second-order valence-corrected chi connectivity index (χ2v) is 3.18. The Balaban J connectivity index is 2.20. The van der Waals surface area contributed by atoms with Gasteiger partial charge in [-0.1, -0.05) is 0 Å². The van der Waals surface area contributed by atoms with Crippen molar-refractivity contribution in [3.8, 4) is 5.75 Å². The van der Waals surface area contributed by atoms with Gasteiger partial charge in [-0.25, -0.2) is 4.39 Å². The third kappa shape index (κ3) is 5.00. The molecule has 82 valence electrons. The Kier molecular flexibility index (Phi) is 4.60. The molecule has 0 atom stereocenters. The fraction of sp³-hybridized carbons (Fsp3) is 0.364. The van der Waals surface area contributed by atoms with Gasteiger partial charge in [0.15, 0.2) is 0 Å². The average molecular weight is 210 g/mol. The molecule has 0 aliphatic rings. The summed E-state index contributed by atoms with van der Waals surface area (Å²) in [6, 6.07) is 5.95. The van der Waals surface area contributed by atoms with E-state index < -0.39 is 0 Å². The smallest absolute Gasteiger partial charge is 0.123 e. The lowest BCUT2D eigenvalue weighted by molar-refractivity contribution is 0.313. The highest BCUT2D eigenvalue weighted by Crippen LogP contribution is 2.10. The molecule has 0 aliphatic carbocycles. The molecule has 3 nitrogen and oxygen atoms in total. The molecule has 1 rings (SSSR count). The second kappa shape index (κ2) is 6.01. The molecule has 0 amide bonds. The number of aliphatic imine (C=N–C) groups is 1. The van der Waals surface area contributed by atoms with Crippen LogP contribution < -0.4 is 10.5 Å². The van der Waals surface area contributed by atoms with E-state index in [-0.39, 0.29) is 5.82 Å². The average Bonchev–Trinajstić information content (AvgIpc) is 2.20. The molecule has 2 N–H and O–H groups in total. The van der Waals surface area contributed by atoms with Gasteiger partial charge in [-0.3, -0.25) is 4.99 Å². The SMILES string of the molecule is CC(N)=NCCCOc1ccc(F)cc1. The molecule has 0 saturated heterocycles. The lowest BCUT2D eigenvalue weighted by atomic mass is 10.3. The summed E-state index contributed by atoms with van der Waals surface area (Å²) >= 11 is 0. The molecule has 0 fully saturated rings. The maximum absolute atomic E-state index is 12.5. The zero-order chi connectivity index (χ0) is 11.1. The van der Waals surface area contributed by atoms with E-state index in [0.717, 1.165) is 6.42 Å². The summed E-state index contributed by atoms with van der Waals surface area (Å²) in [5.74, 6) is 0.993. The van der Waals surface area contributed by atoms with Crippen molar-refractivity contribution < 1.29 is 9.13 Å². The van der Waals surface area contributed by atoms with Gasteiger partial charge in [-0.2, -0.15) is 0 Å². The van der Waals surface area contributed by atoms with Gasteiger partial charge >= 0.3 is 0 Å². The van der Waals surface area contributed by atoms with E-state index in [4.69, 9.17) is 10.5 Å². The highest BCUT2D eigenvalue weighted by Gasteiger charge is 1.93. The molecule has 0 radical (unpaired) electrons. The minimum Gasteiger partial charge on any atom is -0.494 e. The van der Waals surface area contributed by atoms with Crippen molar-refractivity contribution >= 4 is 5.84 Å². The summed E-state index contributed by atoms with van der Waals surface area (Å²) in [6.07, 6.45) is 0.798. The van der Waals surface area contributed by atoms with Gasteiger partial charge < -0.3 is 10.5 Å². The Hall–Kier alpha value is -1.58. The first-order valence-electron chi connectivity index (χ1n) is 4.83. The predicted octanol–water partition coefficient (Wildman–Crippen LogP) is 1.97. The molecule has 1 aromatic carbocycles. The quantitative estimate of drug-likeness (QED) is 0.459. The van der Waals surface area contributed by atoms with E-state index in [1.807, 2.05) is 0 Å². The van der Waals surface area contributed by atoms with E-state index in [1.54, 1.807) is 19.1 Å². The van der Waals surface area contributed by atoms with Crippen LogP contribution in [0.2, 0.25) is 0 Å². The van der Waals surface area contributed by atoms with Gasteiger partial charge in [0.1, 0.15) is 11.6 Å². The van der Waals surface area contributed by atoms with Crippen molar-refractivity contribution in [1.82, 2.24) is 0 Å². The number of amidine groups is 1. The van der Waals surface area contributed by atoms with Crippen molar-refractivity contribution in [2.24, 2.45) is 10.7 Å². The van der Waals surface area contributed by atoms with Crippen LogP contribution in [0.5, 0.6) is 5.75 Å². The Morgan fingerprint density at radius 1 is 1.40 bits per heavy atom. The van der Waals surface area contributed by atoms with E-state index in [9.17, 15) is 4.39 Å². The van der Waals surface area contributed by atoms with Crippen molar-refractivity contribution in [2.45, 2.75) is 13.3 Å². The zero-order valence-corrected chi connectivity index (χ0v) is 8.74. The first-order chi connectivity index (χ1) is 7.18. The minimum absolute atomic E-state index is 0.259. The highest BCUT2D eigenvalue weighted by molar-refractivity contribution is 5.77. The first kappa shape index (κ1) is 11.5. The standard InChI is InChI=1S/C11H15FN2O/c1-9(13)14-7-2-8-15-11-5-3-10(12)4-6-11/h3-6H,2,7-8H2,1H3,(H2,13,14). The molecule has 15 heavy (non-hydrogen) atoms. The van der Waals surface area contributed by atoms with E-state index in [1.165, 1.54) is 12.1 Å². The largest absolute Gasteiger partial charge is 0.494 e. The number of nitrogens with two attached hydrogens (primary N) is 1. The summed E-state index contributed by atoms with van der Waals surface area (Å²) in [6.45, 7) is 2.97. The highest BCUT2D eigenvalue weighted by atomic mass is 19.1. The third-order valence-corrected chi connectivity index (χ3v) is 1.75. The number of hydrogen-bond donors (Lipinski definition) is 1. The Bertz CT molecular complexity index is 318. The molecule has 0 aliphatic heterocycles. The van der Waals surface area contributed by atoms with Crippen LogP contribution in [0.25, 0.3) is 0 Å². The van der Waals surface area contributed by atoms with E-state index in [0.29, 0.717) is 24.7 Å². The summed E-state index contributed by atoms with van der Waals surface area (Å²) in [5, 5.41) is 0.